The number of nitrogens with zero attached hydrogens (tertiary/aromatic N) is 8. The Morgan fingerprint density at radius 3 is 2.59 bits per heavy atom. The van der Waals surface area contributed by atoms with Crippen LogP contribution in [-0.2, 0) is 19.6 Å². The van der Waals surface area contributed by atoms with Crippen molar-refractivity contribution in [2.45, 2.75) is 52.2 Å². The van der Waals surface area contributed by atoms with Crippen LogP contribution >= 0.6 is 0 Å². The molecule has 1 saturated heterocycles. The monoisotopic (exact) mass is 366 g/mol. The molecule has 8 nitrogen and oxygen atoms in total. The van der Waals surface area contributed by atoms with E-state index in [1.54, 1.807) is 6.20 Å². The van der Waals surface area contributed by atoms with Crippen LogP contribution in [0, 0.1) is 6.92 Å². The van der Waals surface area contributed by atoms with Crippen LogP contribution in [0.25, 0.3) is 0 Å². The van der Waals surface area contributed by atoms with Gasteiger partial charge >= 0.3 is 0 Å². The molecule has 0 aliphatic carbocycles. The van der Waals surface area contributed by atoms with E-state index in [4.69, 9.17) is 0 Å². The van der Waals surface area contributed by atoms with Crippen molar-refractivity contribution in [2.75, 3.05) is 13.1 Å². The van der Waals surface area contributed by atoms with Gasteiger partial charge < -0.3 is 4.57 Å². The summed E-state index contributed by atoms with van der Waals surface area (Å²) < 4.78 is 4.15. The van der Waals surface area contributed by atoms with Crippen molar-refractivity contribution in [1.29, 1.82) is 0 Å². The van der Waals surface area contributed by atoms with Crippen LogP contribution < -0.4 is 0 Å². The van der Waals surface area contributed by atoms with Crippen molar-refractivity contribution in [2.24, 2.45) is 0 Å². The van der Waals surface area contributed by atoms with Crippen LogP contribution in [0.3, 0.4) is 0 Å². The first-order chi connectivity index (χ1) is 13.2. The third kappa shape index (κ3) is 4.05. The molecular formula is C19H26N8. The van der Waals surface area contributed by atoms with Crippen LogP contribution in [0.2, 0.25) is 0 Å². The fourth-order valence-electron chi connectivity index (χ4n) is 3.73. The molecule has 4 rings (SSSR count). The molecule has 1 aliphatic heterocycles. The Labute approximate surface area is 159 Å². The van der Waals surface area contributed by atoms with Gasteiger partial charge in [0.05, 0.1) is 11.4 Å². The lowest BCUT2D eigenvalue weighted by Gasteiger charge is -2.31. The zero-order chi connectivity index (χ0) is 18.6. The standard InChI is InChI=1S/C19H26N8/c1-3-27-18(14-26-8-4-7-22-26)23-24-19(27)16-5-9-25(10-6-16)13-17-12-20-15(2)11-21-17/h4,7-8,11-12,16H,3,5-6,9-10,13-14H2,1-2H3. The summed E-state index contributed by atoms with van der Waals surface area (Å²) in [5.74, 6) is 2.56. The highest BCUT2D eigenvalue weighted by Crippen LogP contribution is 2.28. The first-order valence-electron chi connectivity index (χ1n) is 9.62. The smallest absolute Gasteiger partial charge is 0.154 e. The fourth-order valence-corrected chi connectivity index (χ4v) is 3.73. The zero-order valence-electron chi connectivity index (χ0n) is 16.0. The number of hydrogen-bond donors (Lipinski definition) is 0. The van der Waals surface area contributed by atoms with Crippen LogP contribution in [0.5, 0.6) is 0 Å². The van der Waals surface area contributed by atoms with E-state index >= 15 is 0 Å². The van der Waals surface area contributed by atoms with Gasteiger partial charge in [0.1, 0.15) is 12.4 Å². The number of aromatic nitrogens is 7. The van der Waals surface area contributed by atoms with Crippen LogP contribution in [0.15, 0.2) is 30.9 Å². The second-order valence-electron chi connectivity index (χ2n) is 7.12. The first-order valence-corrected chi connectivity index (χ1v) is 9.62. The first kappa shape index (κ1) is 17.8. The van der Waals surface area contributed by atoms with Crippen molar-refractivity contribution in [3.8, 4) is 0 Å². The van der Waals surface area contributed by atoms with Gasteiger partial charge in [0.15, 0.2) is 5.82 Å². The minimum absolute atomic E-state index is 0.462. The number of piperidine rings is 1. The molecule has 0 atom stereocenters. The number of likely N-dealkylation sites (tertiary alicyclic amines) is 1. The van der Waals surface area contributed by atoms with Gasteiger partial charge in [-0.05, 0) is 45.8 Å². The Balaban J connectivity index is 1.39. The van der Waals surface area contributed by atoms with E-state index in [0.717, 1.165) is 62.1 Å². The minimum Gasteiger partial charge on any atom is -0.313 e. The molecule has 142 valence electrons. The maximum atomic E-state index is 4.54. The number of rotatable bonds is 6. The average molecular weight is 366 g/mol. The van der Waals surface area contributed by atoms with Crippen LogP contribution in [-0.4, -0.2) is 52.5 Å². The van der Waals surface area contributed by atoms with Gasteiger partial charge in [0.2, 0.25) is 0 Å². The molecule has 0 saturated carbocycles. The quantitative estimate of drug-likeness (QED) is 0.664. The van der Waals surface area contributed by atoms with E-state index < -0.39 is 0 Å². The molecule has 4 heterocycles. The minimum atomic E-state index is 0.462. The SMILES string of the molecule is CCn1c(Cn2cccn2)nnc1C1CCN(Cc2cnc(C)cn2)CC1. The van der Waals surface area contributed by atoms with Crippen LogP contribution in [0.1, 0.15) is 48.7 Å². The third-order valence-electron chi connectivity index (χ3n) is 5.21. The second-order valence-corrected chi connectivity index (χ2v) is 7.12. The Kier molecular flexibility index (Phi) is 5.24. The largest absolute Gasteiger partial charge is 0.313 e. The van der Waals surface area contributed by atoms with Crippen molar-refractivity contribution >= 4 is 0 Å². The van der Waals surface area contributed by atoms with Gasteiger partial charge in [0.25, 0.3) is 0 Å². The lowest BCUT2D eigenvalue weighted by molar-refractivity contribution is 0.197. The molecule has 1 fully saturated rings. The molecule has 0 spiro atoms. The predicted octanol–water partition coefficient (Wildman–Crippen LogP) is 2.02. The van der Waals surface area contributed by atoms with E-state index in [-0.39, 0.29) is 0 Å². The zero-order valence-corrected chi connectivity index (χ0v) is 16.0. The highest BCUT2D eigenvalue weighted by atomic mass is 15.3. The van der Waals surface area contributed by atoms with Crippen molar-refractivity contribution in [3.63, 3.8) is 0 Å². The molecule has 27 heavy (non-hydrogen) atoms. The lowest BCUT2D eigenvalue weighted by atomic mass is 9.95. The molecule has 3 aromatic heterocycles. The maximum Gasteiger partial charge on any atom is 0.154 e. The maximum absolute atomic E-state index is 4.54. The van der Waals surface area contributed by atoms with Crippen molar-refractivity contribution in [3.05, 3.63) is 53.9 Å². The number of hydrogen-bond acceptors (Lipinski definition) is 6. The molecule has 0 N–H and O–H groups in total. The molecule has 0 radical (unpaired) electrons. The average Bonchev–Trinajstić information content (AvgIpc) is 3.34. The lowest BCUT2D eigenvalue weighted by Crippen LogP contribution is -2.33. The summed E-state index contributed by atoms with van der Waals surface area (Å²) in [4.78, 5) is 11.3. The Morgan fingerprint density at radius 2 is 1.93 bits per heavy atom. The summed E-state index contributed by atoms with van der Waals surface area (Å²) in [5.41, 5.74) is 2.00. The van der Waals surface area contributed by atoms with Gasteiger partial charge in [-0.1, -0.05) is 0 Å². The van der Waals surface area contributed by atoms with Crippen molar-refractivity contribution in [1.82, 2.24) is 39.4 Å². The normalized spacial score (nSPS) is 16.1. The molecule has 1 aliphatic rings. The van der Waals surface area contributed by atoms with E-state index in [2.05, 4.69) is 41.7 Å². The Morgan fingerprint density at radius 1 is 1.07 bits per heavy atom. The summed E-state index contributed by atoms with van der Waals surface area (Å²) in [6, 6.07) is 1.93. The summed E-state index contributed by atoms with van der Waals surface area (Å²) in [5, 5.41) is 13.3. The van der Waals surface area contributed by atoms with Gasteiger partial charge in [-0.25, -0.2) is 0 Å². The summed E-state index contributed by atoms with van der Waals surface area (Å²) in [7, 11) is 0. The Bertz CT molecular complexity index is 844. The third-order valence-corrected chi connectivity index (χ3v) is 5.21. The highest BCUT2D eigenvalue weighted by Gasteiger charge is 2.26. The molecule has 0 amide bonds. The second kappa shape index (κ2) is 7.96. The number of aryl methyl sites for hydroxylation is 1. The molecule has 8 heteroatoms. The topological polar surface area (TPSA) is 77.5 Å². The van der Waals surface area contributed by atoms with Gasteiger partial charge in [-0.15, -0.1) is 10.2 Å². The molecule has 0 aromatic carbocycles. The van der Waals surface area contributed by atoms with E-state index in [9.17, 15) is 0 Å². The van der Waals surface area contributed by atoms with Gasteiger partial charge in [0, 0.05) is 43.8 Å². The van der Waals surface area contributed by atoms with Crippen molar-refractivity contribution < 1.29 is 0 Å². The molecular weight excluding hydrogens is 340 g/mol. The molecule has 0 bridgehead atoms. The molecule has 0 unspecified atom stereocenters. The fraction of sp³-hybridized carbons (Fsp3) is 0.526. The molecule has 3 aromatic rings. The van der Waals surface area contributed by atoms with Gasteiger partial charge in [-0.3, -0.25) is 19.5 Å². The summed E-state index contributed by atoms with van der Waals surface area (Å²) in [6.45, 7) is 8.63. The highest BCUT2D eigenvalue weighted by molar-refractivity contribution is 5.06. The summed E-state index contributed by atoms with van der Waals surface area (Å²) in [6.07, 6.45) is 9.67. The van der Waals surface area contributed by atoms with E-state index in [1.165, 1.54) is 0 Å². The van der Waals surface area contributed by atoms with E-state index in [1.807, 2.05) is 36.3 Å². The summed E-state index contributed by atoms with van der Waals surface area (Å²) >= 11 is 0. The van der Waals surface area contributed by atoms with Gasteiger partial charge in [-0.2, -0.15) is 5.10 Å². The Hall–Kier alpha value is -2.61. The van der Waals surface area contributed by atoms with Crippen LogP contribution in [0.4, 0.5) is 0 Å². The van der Waals surface area contributed by atoms with E-state index in [0.29, 0.717) is 12.5 Å². The predicted molar refractivity (Wildman–Crippen MR) is 101 cm³/mol.